The van der Waals surface area contributed by atoms with Crippen LogP contribution in [0, 0.1) is 11.6 Å². The summed E-state index contributed by atoms with van der Waals surface area (Å²) in [5.74, 6) is -0.847. The van der Waals surface area contributed by atoms with E-state index in [4.69, 9.17) is 4.74 Å². The van der Waals surface area contributed by atoms with E-state index in [9.17, 15) is 8.78 Å². The van der Waals surface area contributed by atoms with Gasteiger partial charge in [0, 0.05) is 37.5 Å². The summed E-state index contributed by atoms with van der Waals surface area (Å²) in [6.45, 7) is 4.10. The molecule has 1 heterocycles. The third kappa shape index (κ3) is 7.94. The summed E-state index contributed by atoms with van der Waals surface area (Å²) in [5, 5.41) is 6.27. The van der Waals surface area contributed by atoms with Crippen LogP contribution in [0.4, 0.5) is 8.78 Å². The highest BCUT2D eigenvalue weighted by Crippen LogP contribution is 2.14. The number of guanidine groups is 1. The maximum atomic E-state index is 13.1. The molecule has 1 aromatic carbocycles. The van der Waals surface area contributed by atoms with Crippen molar-refractivity contribution in [3.8, 4) is 5.75 Å². The molecule has 2 N–H and O–H groups in total. The van der Waals surface area contributed by atoms with Crippen molar-refractivity contribution in [1.29, 1.82) is 0 Å². The Hall–Kier alpha value is -1.97. The summed E-state index contributed by atoms with van der Waals surface area (Å²) in [7, 11) is 0. The lowest BCUT2D eigenvalue weighted by atomic mass is 10.3. The predicted molar refractivity (Wildman–Crippen MR) is 109 cm³/mol. The summed E-state index contributed by atoms with van der Waals surface area (Å²) < 4.78 is 31.3. The molecule has 0 fully saturated rings. The molecule has 0 amide bonds. The highest BCUT2D eigenvalue weighted by atomic mass is 127. The fourth-order valence-electron chi connectivity index (χ4n) is 2.07. The molecule has 0 aliphatic rings. The fourth-order valence-corrected chi connectivity index (χ4v) is 2.07. The Morgan fingerprint density at radius 1 is 1.15 bits per heavy atom. The third-order valence-electron chi connectivity index (χ3n) is 3.26. The van der Waals surface area contributed by atoms with E-state index in [2.05, 4.69) is 20.6 Å². The van der Waals surface area contributed by atoms with Crippen molar-refractivity contribution < 1.29 is 13.5 Å². The van der Waals surface area contributed by atoms with Crippen molar-refractivity contribution in [3.63, 3.8) is 0 Å². The van der Waals surface area contributed by atoms with E-state index in [0.717, 1.165) is 30.8 Å². The third-order valence-corrected chi connectivity index (χ3v) is 3.26. The molecule has 26 heavy (non-hydrogen) atoms. The molecule has 0 aliphatic heterocycles. The van der Waals surface area contributed by atoms with Gasteiger partial charge in [-0.2, -0.15) is 0 Å². The Bertz CT molecular complexity index is 686. The maximum absolute atomic E-state index is 13.1. The van der Waals surface area contributed by atoms with E-state index in [0.29, 0.717) is 25.7 Å². The van der Waals surface area contributed by atoms with Crippen molar-refractivity contribution in [1.82, 2.24) is 15.6 Å². The van der Waals surface area contributed by atoms with Gasteiger partial charge >= 0.3 is 0 Å². The Labute approximate surface area is 169 Å². The normalized spacial score (nSPS) is 10.8. The van der Waals surface area contributed by atoms with E-state index >= 15 is 0 Å². The van der Waals surface area contributed by atoms with Crippen molar-refractivity contribution in [2.45, 2.75) is 13.3 Å². The number of pyridine rings is 1. The monoisotopic (exact) mass is 476 g/mol. The largest absolute Gasteiger partial charge is 0.492 e. The minimum Gasteiger partial charge on any atom is -0.492 e. The zero-order chi connectivity index (χ0) is 17.9. The number of halogens is 3. The highest BCUT2D eigenvalue weighted by Gasteiger charge is 2.03. The number of hydrogen-bond acceptors (Lipinski definition) is 3. The minimum atomic E-state index is -0.921. The Morgan fingerprint density at radius 2 is 2.00 bits per heavy atom. The lowest BCUT2D eigenvalue weighted by Gasteiger charge is -2.12. The Kier molecular flexibility index (Phi) is 10.5. The number of rotatable bonds is 8. The van der Waals surface area contributed by atoms with Gasteiger partial charge in [-0.1, -0.05) is 6.07 Å². The molecule has 0 atom stereocenters. The molecule has 0 aliphatic carbocycles. The van der Waals surface area contributed by atoms with Crippen LogP contribution < -0.4 is 15.4 Å². The molecule has 5 nitrogen and oxygen atoms in total. The van der Waals surface area contributed by atoms with Crippen molar-refractivity contribution in [3.05, 3.63) is 59.9 Å². The summed E-state index contributed by atoms with van der Waals surface area (Å²) in [4.78, 5) is 8.72. The maximum Gasteiger partial charge on any atom is 0.191 e. The lowest BCUT2D eigenvalue weighted by molar-refractivity contribution is 0.318. The summed E-state index contributed by atoms with van der Waals surface area (Å²) in [5.41, 5.74) is 0.990. The van der Waals surface area contributed by atoms with E-state index in [1.807, 2.05) is 25.1 Å². The van der Waals surface area contributed by atoms with Crippen LogP contribution >= 0.6 is 24.0 Å². The molecular formula is C18H23F2IN4O. The topological polar surface area (TPSA) is 58.5 Å². The van der Waals surface area contributed by atoms with Gasteiger partial charge in [-0.3, -0.25) is 9.98 Å². The van der Waals surface area contributed by atoms with Crippen LogP contribution in [0.3, 0.4) is 0 Å². The van der Waals surface area contributed by atoms with E-state index in [1.54, 1.807) is 6.20 Å². The number of nitrogens with one attached hydrogen (secondary N) is 2. The van der Waals surface area contributed by atoms with Crippen LogP contribution in [0.25, 0.3) is 0 Å². The molecule has 1 aromatic heterocycles. The molecule has 0 spiro atoms. The van der Waals surface area contributed by atoms with Gasteiger partial charge in [0.2, 0.25) is 0 Å². The van der Waals surface area contributed by atoms with E-state index in [1.165, 1.54) is 6.07 Å². The summed E-state index contributed by atoms with van der Waals surface area (Å²) in [6, 6.07) is 9.26. The second-order valence-electron chi connectivity index (χ2n) is 5.18. The van der Waals surface area contributed by atoms with Gasteiger partial charge in [0.15, 0.2) is 17.6 Å². The number of hydrogen-bond donors (Lipinski definition) is 2. The highest BCUT2D eigenvalue weighted by molar-refractivity contribution is 14.0. The van der Waals surface area contributed by atoms with Gasteiger partial charge < -0.3 is 15.4 Å². The first-order chi connectivity index (χ1) is 12.2. The molecule has 0 unspecified atom stereocenters. The van der Waals surface area contributed by atoms with Crippen LogP contribution in [0.15, 0.2) is 47.6 Å². The quantitative estimate of drug-likeness (QED) is 0.266. The van der Waals surface area contributed by atoms with Crippen molar-refractivity contribution >= 4 is 29.9 Å². The zero-order valence-corrected chi connectivity index (χ0v) is 16.9. The standard InChI is InChI=1S/C18H22F2N4O.HI/c1-2-21-18(23-10-8-14-5-3-4-9-22-14)24-11-12-25-15-6-7-16(19)17(20)13-15;/h3-7,9,13H,2,8,10-12H2,1H3,(H2,21,23,24);1H. The number of ether oxygens (including phenoxy) is 1. The number of benzene rings is 1. The first-order valence-corrected chi connectivity index (χ1v) is 8.19. The number of nitrogens with zero attached hydrogens (tertiary/aromatic N) is 2. The molecule has 2 rings (SSSR count). The lowest BCUT2D eigenvalue weighted by Crippen LogP contribution is -2.39. The van der Waals surface area contributed by atoms with Crippen LogP contribution in [0.1, 0.15) is 12.6 Å². The van der Waals surface area contributed by atoms with Crippen LogP contribution in [0.2, 0.25) is 0 Å². The molecular weight excluding hydrogens is 453 g/mol. The van der Waals surface area contributed by atoms with Gasteiger partial charge in [-0.15, -0.1) is 24.0 Å². The van der Waals surface area contributed by atoms with Gasteiger partial charge in [0.25, 0.3) is 0 Å². The van der Waals surface area contributed by atoms with Crippen LogP contribution in [-0.4, -0.2) is 37.2 Å². The van der Waals surface area contributed by atoms with Gasteiger partial charge in [-0.05, 0) is 31.2 Å². The van der Waals surface area contributed by atoms with Gasteiger partial charge in [0.05, 0.1) is 6.54 Å². The molecule has 0 bridgehead atoms. The average Bonchev–Trinajstić information content (AvgIpc) is 2.62. The molecule has 8 heteroatoms. The molecule has 0 saturated heterocycles. The SMILES string of the molecule is CCNC(=NCCc1ccccn1)NCCOc1ccc(F)c(F)c1.I. The van der Waals surface area contributed by atoms with Gasteiger partial charge in [0.1, 0.15) is 12.4 Å². The predicted octanol–water partition coefficient (Wildman–Crippen LogP) is 3.15. The number of aromatic nitrogens is 1. The smallest absolute Gasteiger partial charge is 0.191 e. The van der Waals surface area contributed by atoms with Crippen molar-refractivity contribution in [2.75, 3.05) is 26.2 Å². The molecule has 0 saturated carbocycles. The Balaban J connectivity index is 0.00000338. The second kappa shape index (κ2) is 12.4. The molecule has 0 radical (unpaired) electrons. The zero-order valence-electron chi connectivity index (χ0n) is 14.5. The first-order valence-electron chi connectivity index (χ1n) is 8.19. The first kappa shape index (κ1) is 22.1. The average molecular weight is 476 g/mol. The van der Waals surface area contributed by atoms with Crippen LogP contribution in [-0.2, 0) is 6.42 Å². The molecule has 142 valence electrons. The van der Waals surface area contributed by atoms with E-state index in [-0.39, 0.29) is 29.7 Å². The van der Waals surface area contributed by atoms with Gasteiger partial charge in [-0.25, -0.2) is 8.78 Å². The Morgan fingerprint density at radius 3 is 2.69 bits per heavy atom. The van der Waals surface area contributed by atoms with Crippen LogP contribution in [0.5, 0.6) is 5.75 Å². The summed E-state index contributed by atoms with van der Waals surface area (Å²) in [6.07, 6.45) is 2.51. The van der Waals surface area contributed by atoms with Crippen molar-refractivity contribution in [2.24, 2.45) is 4.99 Å². The number of aliphatic imine (C=N–C) groups is 1. The minimum absolute atomic E-state index is 0. The summed E-state index contributed by atoms with van der Waals surface area (Å²) >= 11 is 0. The second-order valence-corrected chi connectivity index (χ2v) is 5.18. The fraction of sp³-hybridized carbons (Fsp3) is 0.333. The van der Waals surface area contributed by atoms with E-state index < -0.39 is 11.6 Å². The molecule has 2 aromatic rings.